The smallest absolute Gasteiger partial charge is 0.255 e. The van der Waals surface area contributed by atoms with Gasteiger partial charge in [0.2, 0.25) is 0 Å². The minimum absolute atomic E-state index is 0.295. The average Bonchev–Trinajstić information content (AvgIpc) is 2.36. The second-order valence-electron chi connectivity index (χ2n) is 4.16. The normalized spacial score (nSPS) is 10.8. The summed E-state index contributed by atoms with van der Waals surface area (Å²) in [7, 11) is 0. The van der Waals surface area contributed by atoms with Gasteiger partial charge in [-0.05, 0) is 25.8 Å². The third-order valence-electron chi connectivity index (χ3n) is 3.01. The van der Waals surface area contributed by atoms with Crippen LogP contribution in [0.15, 0.2) is 12.3 Å². The number of nitrogens with zero attached hydrogens (tertiary/aromatic N) is 2. The topological polar surface area (TPSA) is 65.8 Å². The zero-order chi connectivity index (χ0) is 13.8. The number of hydrogen-bond donors (Lipinski definition) is 1. The van der Waals surface area contributed by atoms with Crippen molar-refractivity contribution in [1.29, 1.82) is 5.26 Å². The van der Waals surface area contributed by atoms with E-state index >= 15 is 0 Å². The van der Waals surface area contributed by atoms with Crippen LogP contribution < -0.4 is 5.32 Å². The van der Waals surface area contributed by atoms with E-state index in [0.717, 1.165) is 5.69 Å². The number of carbonyl (C=O) groups excluding carboxylic acids is 1. The number of halogens is 1. The molecule has 1 heterocycles. The quantitative estimate of drug-likeness (QED) is 0.910. The fourth-order valence-corrected chi connectivity index (χ4v) is 1.88. The largest absolute Gasteiger partial charge is 0.334 e. The highest BCUT2D eigenvalue weighted by Gasteiger charge is 2.28. The molecule has 0 aliphatic heterocycles. The summed E-state index contributed by atoms with van der Waals surface area (Å²) in [5.74, 6) is -0.363. The SMILES string of the molecule is CCC(C#N)(CC)NC(=O)c1cnc(C)cc1Cl. The maximum atomic E-state index is 12.1. The highest BCUT2D eigenvalue weighted by molar-refractivity contribution is 6.33. The second kappa shape index (κ2) is 5.83. The lowest BCUT2D eigenvalue weighted by molar-refractivity contribution is 0.0915. The standard InChI is InChI=1S/C13H16ClN3O/c1-4-13(5-2,8-15)17-12(18)10-7-16-9(3)6-11(10)14/h6-7H,4-5H2,1-3H3,(H,17,18). The van der Waals surface area contributed by atoms with Crippen LogP contribution in [0.25, 0.3) is 0 Å². The van der Waals surface area contributed by atoms with Crippen molar-refractivity contribution < 1.29 is 4.79 Å². The minimum Gasteiger partial charge on any atom is -0.334 e. The van der Waals surface area contributed by atoms with Crippen molar-refractivity contribution in [2.24, 2.45) is 0 Å². The van der Waals surface area contributed by atoms with Gasteiger partial charge in [-0.3, -0.25) is 9.78 Å². The summed E-state index contributed by atoms with van der Waals surface area (Å²) in [6.07, 6.45) is 2.52. The number of carbonyl (C=O) groups is 1. The maximum Gasteiger partial charge on any atom is 0.255 e. The monoisotopic (exact) mass is 265 g/mol. The van der Waals surface area contributed by atoms with Crippen LogP contribution in [-0.2, 0) is 0 Å². The van der Waals surface area contributed by atoms with Gasteiger partial charge in [0.05, 0.1) is 16.7 Å². The first kappa shape index (κ1) is 14.5. The highest BCUT2D eigenvalue weighted by Crippen LogP contribution is 2.19. The number of aromatic nitrogens is 1. The van der Waals surface area contributed by atoms with Gasteiger partial charge >= 0.3 is 0 Å². The van der Waals surface area contributed by atoms with Gasteiger partial charge in [-0.2, -0.15) is 5.26 Å². The van der Waals surface area contributed by atoms with Gasteiger partial charge in [0, 0.05) is 11.9 Å². The van der Waals surface area contributed by atoms with E-state index in [1.165, 1.54) is 6.20 Å². The first-order valence-electron chi connectivity index (χ1n) is 5.84. The third-order valence-corrected chi connectivity index (χ3v) is 3.32. The van der Waals surface area contributed by atoms with Crippen LogP contribution >= 0.6 is 11.6 Å². The van der Waals surface area contributed by atoms with Gasteiger partial charge in [-0.15, -0.1) is 0 Å². The van der Waals surface area contributed by atoms with E-state index in [9.17, 15) is 10.1 Å². The van der Waals surface area contributed by atoms with Crippen LogP contribution in [0.1, 0.15) is 42.7 Å². The number of hydrogen-bond acceptors (Lipinski definition) is 3. The Hall–Kier alpha value is -1.60. The second-order valence-corrected chi connectivity index (χ2v) is 4.57. The molecule has 4 nitrogen and oxygen atoms in total. The number of amides is 1. The fraction of sp³-hybridized carbons (Fsp3) is 0.462. The average molecular weight is 266 g/mol. The molecule has 0 radical (unpaired) electrons. The van der Waals surface area contributed by atoms with Gasteiger partial charge in [0.1, 0.15) is 5.54 Å². The molecule has 0 atom stereocenters. The summed E-state index contributed by atoms with van der Waals surface area (Å²) in [6.45, 7) is 5.52. The summed E-state index contributed by atoms with van der Waals surface area (Å²) >= 11 is 6.00. The Morgan fingerprint density at radius 1 is 1.56 bits per heavy atom. The van der Waals surface area contributed by atoms with E-state index in [4.69, 9.17) is 11.6 Å². The van der Waals surface area contributed by atoms with Crippen molar-refractivity contribution >= 4 is 17.5 Å². The van der Waals surface area contributed by atoms with Crippen LogP contribution in [0, 0.1) is 18.3 Å². The lowest BCUT2D eigenvalue weighted by Gasteiger charge is -2.25. The van der Waals surface area contributed by atoms with E-state index in [0.29, 0.717) is 23.4 Å². The lowest BCUT2D eigenvalue weighted by Crippen LogP contribution is -2.46. The zero-order valence-corrected chi connectivity index (χ0v) is 11.5. The van der Waals surface area contributed by atoms with E-state index < -0.39 is 5.54 Å². The lowest BCUT2D eigenvalue weighted by atomic mass is 9.94. The van der Waals surface area contributed by atoms with Gasteiger partial charge < -0.3 is 5.32 Å². The van der Waals surface area contributed by atoms with E-state index in [-0.39, 0.29) is 5.91 Å². The predicted molar refractivity (Wildman–Crippen MR) is 70.4 cm³/mol. The molecule has 18 heavy (non-hydrogen) atoms. The van der Waals surface area contributed by atoms with Crippen LogP contribution in [0.5, 0.6) is 0 Å². The molecule has 0 unspecified atom stereocenters. The van der Waals surface area contributed by atoms with Gasteiger partial charge in [0.15, 0.2) is 0 Å². The molecular formula is C13H16ClN3O. The molecule has 1 N–H and O–H groups in total. The molecule has 0 aliphatic carbocycles. The van der Waals surface area contributed by atoms with Crippen molar-refractivity contribution in [3.8, 4) is 6.07 Å². The number of aryl methyl sites for hydroxylation is 1. The summed E-state index contributed by atoms with van der Waals surface area (Å²) < 4.78 is 0. The number of nitriles is 1. The summed E-state index contributed by atoms with van der Waals surface area (Å²) in [5.41, 5.74) is 0.198. The highest BCUT2D eigenvalue weighted by atomic mass is 35.5. The predicted octanol–water partition coefficient (Wildman–Crippen LogP) is 2.86. The van der Waals surface area contributed by atoms with E-state index in [2.05, 4.69) is 16.4 Å². The van der Waals surface area contributed by atoms with Crippen molar-refractivity contribution in [3.05, 3.63) is 28.5 Å². The van der Waals surface area contributed by atoms with Crippen LogP contribution in [0.2, 0.25) is 5.02 Å². The molecule has 0 spiro atoms. The number of pyridine rings is 1. The molecule has 5 heteroatoms. The Morgan fingerprint density at radius 3 is 2.61 bits per heavy atom. The van der Waals surface area contributed by atoms with E-state index in [1.54, 1.807) is 13.0 Å². The molecule has 96 valence electrons. The molecule has 0 bridgehead atoms. The van der Waals surface area contributed by atoms with E-state index in [1.807, 2.05) is 13.8 Å². The van der Waals surface area contributed by atoms with Crippen LogP contribution in [0.3, 0.4) is 0 Å². The van der Waals surface area contributed by atoms with Crippen LogP contribution in [0.4, 0.5) is 0 Å². The Morgan fingerprint density at radius 2 is 2.17 bits per heavy atom. The van der Waals surface area contributed by atoms with Crippen molar-refractivity contribution in [1.82, 2.24) is 10.3 Å². The van der Waals surface area contributed by atoms with Crippen LogP contribution in [-0.4, -0.2) is 16.4 Å². The molecule has 0 saturated carbocycles. The minimum atomic E-state index is -0.842. The summed E-state index contributed by atoms with van der Waals surface area (Å²) in [5, 5.41) is 12.3. The number of rotatable bonds is 4. The van der Waals surface area contributed by atoms with Gasteiger partial charge in [-0.25, -0.2) is 0 Å². The molecule has 0 aliphatic rings. The number of nitrogens with one attached hydrogen (secondary N) is 1. The molecule has 1 aromatic rings. The maximum absolute atomic E-state index is 12.1. The summed E-state index contributed by atoms with van der Waals surface area (Å²) in [6, 6.07) is 3.78. The fourth-order valence-electron chi connectivity index (χ4n) is 1.59. The van der Waals surface area contributed by atoms with Crippen molar-refractivity contribution in [2.75, 3.05) is 0 Å². The first-order valence-corrected chi connectivity index (χ1v) is 6.21. The Balaban J connectivity index is 2.99. The molecule has 1 aromatic heterocycles. The molecule has 0 aromatic carbocycles. The molecular weight excluding hydrogens is 250 g/mol. The molecule has 0 fully saturated rings. The first-order chi connectivity index (χ1) is 8.48. The van der Waals surface area contributed by atoms with Crippen molar-refractivity contribution in [2.45, 2.75) is 39.2 Å². The van der Waals surface area contributed by atoms with Gasteiger partial charge in [0.25, 0.3) is 5.91 Å². The Bertz CT molecular complexity index is 489. The molecule has 1 amide bonds. The summed E-state index contributed by atoms with van der Waals surface area (Å²) in [4.78, 5) is 16.1. The van der Waals surface area contributed by atoms with Gasteiger partial charge in [-0.1, -0.05) is 25.4 Å². The molecule has 1 rings (SSSR count). The molecule has 0 saturated heterocycles. The zero-order valence-electron chi connectivity index (χ0n) is 10.7. The van der Waals surface area contributed by atoms with Crippen molar-refractivity contribution in [3.63, 3.8) is 0 Å². The Labute approximate surface area is 112 Å². The Kier molecular flexibility index (Phi) is 4.69. The third kappa shape index (κ3) is 2.99.